The van der Waals surface area contributed by atoms with E-state index in [9.17, 15) is 4.79 Å². The highest BCUT2D eigenvalue weighted by molar-refractivity contribution is 5.93. The van der Waals surface area contributed by atoms with Crippen LogP contribution in [0.25, 0.3) is 0 Å². The minimum Gasteiger partial charge on any atom is -0.493 e. The van der Waals surface area contributed by atoms with Crippen molar-refractivity contribution < 1.29 is 14.3 Å². The summed E-state index contributed by atoms with van der Waals surface area (Å²) < 4.78 is 12.5. The van der Waals surface area contributed by atoms with E-state index in [0.717, 1.165) is 45.0 Å². The number of hydrogen-bond acceptors (Lipinski definition) is 5. The lowest BCUT2D eigenvalue weighted by molar-refractivity contribution is 0.0582. The van der Waals surface area contributed by atoms with Crippen LogP contribution in [0, 0.1) is 0 Å². The lowest BCUT2D eigenvalue weighted by Gasteiger charge is -2.38. The number of piperazine rings is 1. The van der Waals surface area contributed by atoms with Crippen LogP contribution in [0.2, 0.25) is 0 Å². The molecule has 0 radical (unpaired) electrons. The largest absolute Gasteiger partial charge is 0.493 e. The number of hydrogen-bond donors (Lipinski definition) is 0. The van der Waals surface area contributed by atoms with E-state index in [-0.39, 0.29) is 5.91 Å². The first-order chi connectivity index (χ1) is 13.7. The van der Waals surface area contributed by atoms with Crippen molar-refractivity contribution in [1.82, 2.24) is 19.6 Å². The van der Waals surface area contributed by atoms with Gasteiger partial charge in [0.15, 0.2) is 0 Å². The molecule has 0 spiro atoms. The Morgan fingerprint density at radius 2 is 2.11 bits per heavy atom. The zero-order chi connectivity index (χ0) is 19.5. The molecular weight excluding hydrogens is 356 g/mol. The zero-order valence-electron chi connectivity index (χ0n) is 16.6. The van der Waals surface area contributed by atoms with Crippen molar-refractivity contribution in [3.8, 4) is 5.75 Å². The van der Waals surface area contributed by atoms with Gasteiger partial charge in [-0.15, -0.1) is 0 Å². The summed E-state index contributed by atoms with van der Waals surface area (Å²) >= 11 is 0. The van der Waals surface area contributed by atoms with Gasteiger partial charge in [-0.3, -0.25) is 14.4 Å². The molecule has 1 amide bonds. The minimum absolute atomic E-state index is 0.0573. The second-order valence-corrected chi connectivity index (χ2v) is 7.45. The van der Waals surface area contributed by atoms with Crippen LogP contribution in [0.3, 0.4) is 0 Å². The van der Waals surface area contributed by atoms with Crippen LogP contribution < -0.4 is 4.74 Å². The number of rotatable bonds is 6. The smallest absolute Gasteiger partial charge is 0.257 e. The monoisotopic (exact) mass is 384 g/mol. The fourth-order valence-electron chi connectivity index (χ4n) is 3.93. The van der Waals surface area contributed by atoms with Gasteiger partial charge in [0.25, 0.3) is 5.91 Å². The Morgan fingerprint density at radius 3 is 2.89 bits per heavy atom. The lowest BCUT2D eigenvalue weighted by Crippen LogP contribution is -2.49. The van der Waals surface area contributed by atoms with Crippen molar-refractivity contribution >= 4 is 5.91 Å². The normalized spacial score (nSPS) is 18.0. The van der Waals surface area contributed by atoms with E-state index in [4.69, 9.17) is 9.47 Å². The molecule has 3 heterocycles. The number of fused-ring (bicyclic) bond motifs is 1. The van der Waals surface area contributed by atoms with E-state index in [0.29, 0.717) is 24.8 Å². The van der Waals surface area contributed by atoms with Gasteiger partial charge in [0.1, 0.15) is 5.75 Å². The van der Waals surface area contributed by atoms with Crippen LogP contribution in [0.5, 0.6) is 5.75 Å². The molecule has 0 saturated carbocycles. The van der Waals surface area contributed by atoms with Gasteiger partial charge < -0.3 is 14.4 Å². The molecular formula is C21H28N4O3. The van der Waals surface area contributed by atoms with E-state index in [2.05, 4.69) is 35.1 Å². The second-order valence-electron chi connectivity index (χ2n) is 7.45. The maximum Gasteiger partial charge on any atom is 0.257 e. The molecule has 1 atom stereocenters. The first-order valence-electron chi connectivity index (χ1n) is 9.96. The SMILES string of the molecule is COCCn1cc(C(=O)N2CCN(C(C)c3ccc4c(c3)OCC4)CC2)cn1. The molecule has 2 aliphatic rings. The summed E-state index contributed by atoms with van der Waals surface area (Å²) in [6.45, 7) is 7.44. The summed E-state index contributed by atoms with van der Waals surface area (Å²) in [4.78, 5) is 17.1. The number of carbonyl (C=O) groups is 1. The molecule has 1 unspecified atom stereocenters. The molecule has 1 saturated heterocycles. The van der Waals surface area contributed by atoms with Gasteiger partial charge in [0.05, 0.1) is 31.5 Å². The number of aromatic nitrogens is 2. The predicted molar refractivity (Wildman–Crippen MR) is 106 cm³/mol. The van der Waals surface area contributed by atoms with E-state index in [1.165, 1.54) is 11.1 Å². The second kappa shape index (κ2) is 8.32. The number of carbonyl (C=O) groups excluding carboxylic acids is 1. The molecule has 7 nitrogen and oxygen atoms in total. The lowest BCUT2D eigenvalue weighted by atomic mass is 10.0. The third kappa shape index (κ3) is 3.91. The Kier molecular flexibility index (Phi) is 5.64. The number of nitrogens with zero attached hydrogens (tertiary/aromatic N) is 4. The topological polar surface area (TPSA) is 59.8 Å². The fourth-order valence-corrected chi connectivity index (χ4v) is 3.93. The Bertz CT molecular complexity index is 827. The minimum atomic E-state index is 0.0573. The molecule has 1 aromatic heterocycles. The highest BCUT2D eigenvalue weighted by atomic mass is 16.5. The predicted octanol–water partition coefficient (Wildman–Crippen LogP) is 1.98. The maximum atomic E-state index is 12.8. The summed E-state index contributed by atoms with van der Waals surface area (Å²) in [5.41, 5.74) is 3.23. The van der Waals surface area contributed by atoms with Crippen LogP contribution in [-0.2, 0) is 17.7 Å². The highest BCUT2D eigenvalue weighted by Gasteiger charge is 2.26. The number of benzene rings is 1. The fraction of sp³-hybridized carbons (Fsp3) is 0.524. The van der Waals surface area contributed by atoms with Crippen LogP contribution >= 0.6 is 0 Å². The highest BCUT2D eigenvalue weighted by Crippen LogP contribution is 2.31. The summed E-state index contributed by atoms with van der Waals surface area (Å²) in [6.07, 6.45) is 4.46. The summed E-state index contributed by atoms with van der Waals surface area (Å²) in [7, 11) is 1.66. The molecule has 7 heteroatoms. The van der Waals surface area contributed by atoms with E-state index in [1.807, 2.05) is 4.90 Å². The van der Waals surface area contributed by atoms with E-state index >= 15 is 0 Å². The van der Waals surface area contributed by atoms with Gasteiger partial charge in [0.2, 0.25) is 0 Å². The summed E-state index contributed by atoms with van der Waals surface area (Å²) in [5, 5.41) is 4.25. The average molecular weight is 384 g/mol. The van der Waals surface area contributed by atoms with Gasteiger partial charge in [-0.25, -0.2) is 0 Å². The number of amides is 1. The molecule has 2 aliphatic heterocycles. The maximum absolute atomic E-state index is 12.8. The van der Waals surface area contributed by atoms with Gasteiger partial charge >= 0.3 is 0 Å². The van der Waals surface area contributed by atoms with Crippen LogP contribution in [0.15, 0.2) is 30.6 Å². The molecule has 1 aromatic carbocycles. The Morgan fingerprint density at radius 1 is 1.29 bits per heavy atom. The average Bonchev–Trinajstić information content (AvgIpc) is 3.40. The standard InChI is InChI=1S/C21H28N4O3/c1-16(18-4-3-17-5-11-28-20(17)13-18)23-6-8-24(9-7-23)21(26)19-14-22-25(15-19)10-12-27-2/h3-4,13-16H,5-12H2,1-2H3. The van der Waals surface area contributed by atoms with E-state index < -0.39 is 0 Å². The molecule has 1 fully saturated rings. The molecule has 150 valence electrons. The molecule has 0 N–H and O–H groups in total. The first-order valence-corrected chi connectivity index (χ1v) is 9.96. The van der Waals surface area contributed by atoms with Gasteiger partial charge in [0, 0.05) is 51.9 Å². The Balaban J connectivity index is 1.33. The van der Waals surface area contributed by atoms with Crippen LogP contribution in [-0.4, -0.2) is 72.0 Å². The van der Waals surface area contributed by atoms with Crippen molar-refractivity contribution in [2.24, 2.45) is 0 Å². The third-order valence-corrected chi connectivity index (χ3v) is 5.76. The van der Waals surface area contributed by atoms with Crippen LogP contribution in [0.1, 0.15) is 34.5 Å². The van der Waals surface area contributed by atoms with Crippen molar-refractivity contribution in [3.63, 3.8) is 0 Å². The number of ether oxygens (including phenoxy) is 2. The van der Waals surface area contributed by atoms with Gasteiger partial charge in [-0.05, 0) is 24.1 Å². The first kappa shape index (κ1) is 19.0. The van der Waals surface area contributed by atoms with Gasteiger partial charge in [-0.2, -0.15) is 5.10 Å². The third-order valence-electron chi connectivity index (χ3n) is 5.76. The van der Waals surface area contributed by atoms with Gasteiger partial charge in [-0.1, -0.05) is 12.1 Å². The van der Waals surface area contributed by atoms with E-state index in [1.54, 1.807) is 24.2 Å². The molecule has 4 rings (SSSR count). The molecule has 0 aliphatic carbocycles. The Labute approximate surface area is 165 Å². The summed E-state index contributed by atoms with van der Waals surface area (Å²) in [6, 6.07) is 6.89. The van der Waals surface area contributed by atoms with Crippen LogP contribution in [0.4, 0.5) is 0 Å². The zero-order valence-corrected chi connectivity index (χ0v) is 16.6. The molecule has 2 aromatic rings. The van der Waals surface area contributed by atoms with Crippen molar-refractivity contribution in [1.29, 1.82) is 0 Å². The van der Waals surface area contributed by atoms with Crippen molar-refractivity contribution in [3.05, 3.63) is 47.3 Å². The molecule has 0 bridgehead atoms. The summed E-state index contributed by atoms with van der Waals surface area (Å²) in [5.74, 6) is 1.09. The number of methoxy groups -OCH3 is 1. The molecule has 28 heavy (non-hydrogen) atoms. The van der Waals surface area contributed by atoms with Crippen molar-refractivity contribution in [2.45, 2.75) is 25.9 Å². The quantitative estimate of drug-likeness (QED) is 0.762. The van der Waals surface area contributed by atoms with Crippen molar-refractivity contribution in [2.75, 3.05) is 46.5 Å². The Hall–Kier alpha value is -2.38.